The van der Waals surface area contributed by atoms with E-state index in [1.807, 2.05) is 19.2 Å². The van der Waals surface area contributed by atoms with Crippen molar-refractivity contribution < 1.29 is 17.7 Å². The molecule has 2 N–H and O–H groups in total. The number of hydrogen-bond acceptors (Lipinski definition) is 6. The molecule has 8 nitrogen and oxygen atoms in total. The summed E-state index contributed by atoms with van der Waals surface area (Å²) >= 11 is 0. The SMILES string of the molecule is CNC(C)(C)c1ccc(S(=O)(=O)N2[C@@H]3CC[C@H]2CC(NC(=O)c2cc(C4CC4)on2)C3)cc1. The van der Waals surface area contributed by atoms with E-state index in [4.69, 9.17) is 4.52 Å². The van der Waals surface area contributed by atoms with Crippen LogP contribution in [0.2, 0.25) is 0 Å². The first-order valence-electron chi connectivity index (χ1n) is 11.8. The van der Waals surface area contributed by atoms with Gasteiger partial charge in [-0.15, -0.1) is 0 Å². The van der Waals surface area contributed by atoms with Crippen LogP contribution in [-0.2, 0) is 15.6 Å². The quantitative estimate of drug-likeness (QED) is 0.642. The fraction of sp³-hybridized carbons (Fsp3) is 0.583. The molecule has 1 aliphatic carbocycles. The summed E-state index contributed by atoms with van der Waals surface area (Å²) in [7, 11) is -1.71. The van der Waals surface area contributed by atoms with Gasteiger partial charge in [-0.2, -0.15) is 4.31 Å². The highest BCUT2D eigenvalue weighted by Crippen LogP contribution is 2.41. The average molecular weight is 473 g/mol. The topological polar surface area (TPSA) is 105 Å². The summed E-state index contributed by atoms with van der Waals surface area (Å²) in [5.41, 5.74) is 1.11. The van der Waals surface area contributed by atoms with Crippen LogP contribution < -0.4 is 10.6 Å². The van der Waals surface area contributed by atoms with E-state index in [-0.39, 0.29) is 29.6 Å². The van der Waals surface area contributed by atoms with Gasteiger partial charge in [-0.1, -0.05) is 17.3 Å². The Morgan fingerprint density at radius 2 is 1.73 bits per heavy atom. The van der Waals surface area contributed by atoms with E-state index in [0.717, 1.165) is 37.0 Å². The van der Waals surface area contributed by atoms with Gasteiger partial charge in [0.05, 0.1) is 4.90 Å². The molecule has 0 radical (unpaired) electrons. The first kappa shape index (κ1) is 22.6. The van der Waals surface area contributed by atoms with Crippen molar-refractivity contribution in [1.82, 2.24) is 20.1 Å². The number of nitrogens with zero attached hydrogens (tertiary/aromatic N) is 2. The molecule has 2 saturated heterocycles. The molecule has 1 amide bonds. The fourth-order valence-corrected chi connectivity index (χ4v) is 7.06. The first-order chi connectivity index (χ1) is 15.7. The summed E-state index contributed by atoms with van der Waals surface area (Å²) in [6.45, 7) is 4.11. The molecular weight excluding hydrogens is 440 g/mol. The Hall–Kier alpha value is -2.23. The zero-order chi connectivity index (χ0) is 23.4. The molecule has 1 unspecified atom stereocenters. The maximum Gasteiger partial charge on any atom is 0.273 e. The predicted octanol–water partition coefficient (Wildman–Crippen LogP) is 3.12. The van der Waals surface area contributed by atoms with E-state index in [1.54, 1.807) is 22.5 Å². The van der Waals surface area contributed by atoms with E-state index in [0.29, 0.717) is 29.3 Å². The van der Waals surface area contributed by atoms with Gasteiger partial charge in [-0.25, -0.2) is 8.42 Å². The predicted molar refractivity (Wildman–Crippen MR) is 123 cm³/mol. The summed E-state index contributed by atoms with van der Waals surface area (Å²) in [5.74, 6) is 0.945. The number of carbonyl (C=O) groups excluding carboxylic acids is 1. The lowest BCUT2D eigenvalue weighted by Gasteiger charge is -2.38. The van der Waals surface area contributed by atoms with Gasteiger partial charge < -0.3 is 15.2 Å². The van der Waals surface area contributed by atoms with Crippen LogP contribution in [-0.4, -0.2) is 49.0 Å². The molecule has 1 saturated carbocycles. The molecule has 5 rings (SSSR count). The number of carbonyl (C=O) groups is 1. The van der Waals surface area contributed by atoms with Crippen LogP contribution in [0.25, 0.3) is 0 Å². The summed E-state index contributed by atoms with van der Waals surface area (Å²) < 4.78 is 34.0. The monoisotopic (exact) mass is 472 g/mol. The van der Waals surface area contributed by atoms with Gasteiger partial charge in [0, 0.05) is 35.6 Å². The highest BCUT2D eigenvalue weighted by Gasteiger charge is 2.47. The molecule has 178 valence electrons. The molecule has 9 heteroatoms. The number of hydrogen-bond donors (Lipinski definition) is 2. The highest BCUT2D eigenvalue weighted by atomic mass is 32.2. The molecule has 2 aliphatic heterocycles. The van der Waals surface area contributed by atoms with Gasteiger partial charge in [0.2, 0.25) is 10.0 Å². The maximum absolute atomic E-state index is 13.5. The normalized spacial score (nSPS) is 25.8. The molecule has 3 fully saturated rings. The van der Waals surface area contributed by atoms with Gasteiger partial charge in [0.15, 0.2) is 5.69 Å². The van der Waals surface area contributed by atoms with Crippen molar-refractivity contribution in [3.05, 3.63) is 47.3 Å². The molecule has 2 aromatic rings. The molecule has 3 aliphatic rings. The molecule has 0 spiro atoms. The Bertz CT molecular complexity index is 1120. The van der Waals surface area contributed by atoms with Gasteiger partial charge in [-0.3, -0.25) is 4.79 Å². The zero-order valence-electron chi connectivity index (χ0n) is 19.4. The molecule has 1 aromatic carbocycles. The number of piperidine rings is 1. The summed E-state index contributed by atoms with van der Waals surface area (Å²) in [6.07, 6.45) is 5.03. The van der Waals surface area contributed by atoms with Crippen LogP contribution in [0.15, 0.2) is 39.8 Å². The standard InChI is InChI=1S/C24H32N4O4S/c1-24(2,25-3)16-6-10-20(11-7-16)33(30,31)28-18-8-9-19(28)13-17(12-18)26-23(29)21-14-22(32-27-21)15-4-5-15/h6-7,10-11,14-15,17-19,25H,4-5,8-9,12-13H2,1-3H3,(H,26,29)/t17?,18-,19+. The van der Waals surface area contributed by atoms with Gasteiger partial charge in [0.1, 0.15) is 5.76 Å². The first-order valence-corrected chi connectivity index (χ1v) is 13.2. The van der Waals surface area contributed by atoms with Crippen LogP contribution in [0.1, 0.15) is 80.1 Å². The van der Waals surface area contributed by atoms with Crippen molar-refractivity contribution in [2.45, 2.75) is 86.9 Å². The van der Waals surface area contributed by atoms with Gasteiger partial charge >= 0.3 is 0 Å². The van der Waals surface area contributed by atoms with Crippen molar-refractivity contribution >= 4 is 15.9 Å². The van der Waals surface area contributed by atoms with E-state index < -0.39 is 10.0 Å². The molecule has 33 heavy (non-hydrogen) atoms. The third-order valence-corrected chi connectivity index (χ3v) is 9.54. The summed E-state index contributed by atoms with van der Waals surface area (Å²) in [4.78, 5) is 13.0. The number of nitrogens with one attached hydrogen (secondary N) is 2. The largest absolute Gasteiger partial charge is 0.360 e. The van der Waals surface area contributed by atoms with Crippen LogP contribution in [0, 0.1) is 0 Å². The third-order valence-electron chi connectivity index (χ3n) is 7.52. The second-order valence-corrected chi connectivity index (χ2v) is 12.0. The Balaban J connectivity index is 1.27. The smallest absolute Gasteiger partial charge is 0.273 e. The Morgan fingerprint density at radius 3 is 2.30 bits per heavy atom. The molecular formula is C24H32N4O4S. The second kappa shape index (κ2) is 8.21. The lowest BCUT2D eigenvalue weighted by atomic mass is 9.95. The van der Waals surface area contributed by atoms with Gasteiger partial charge in [-0.05, 0) is 77.1 Å². The van der Waals surface area contributed by atoms with Crippen molar-refractivity contribution in [2.24, 2.45) is 0 Å². The van der Waals surface area contributed by atoms with Gasteiger partial charge in [0.25, 0.3) is 5.91 Å². The van der Waals surface area contributed by atoms with Crippen molar-refractivity contribution in [3.8, 4) is 0 Å². The fourth-order valence-electron chi connectivity index (χ4n) is 5.17. The number of rotatable bonds is 7. The van der Waals surface area contributed by atoms with Crippen molar-refractivity contribution in [1.29, 1.82) is 0 Å². The Morgan fingerprint density at radius 1 is 1.09 bits per heavy atom. The lowest BCUT2D eigenvalue weighted by molar-refractivity contribution is 0.0900. The lowest BCUT2D eigenvalue weighted by Crippen LogP contribution is -2.52. The third kappa shape index (κ3) is 4.22. The van der Waals surface area contributed by atoms with Crippen LogP contribution >= 0.6 is 0 Å². The van der Waals surface area contributed by atoms with E-state index in [2.05, 4.69) is 29.6 Å². The number of amides is 1. The number of aromatic nitrogens is 1. The van der Waals surface area contributed by atoms with Crippen LogP contribution in [0.5, 0.6) is 0 Å². The van der Waals surface area contributed by atoms with Crippen molar-refractivity contribution in [2.75, 3.05) is 7.05 Å². The Labute approximate surface area is 195 Å². The zero-order valence-corrected chi connectivity index (χ0v) is 20.2. The molecule has 3 atom stereocenters. The Kier molecular flexibility index (Phi) is 5.61. The van der Waals surface area contributed by atoms with Crippen molar-refractivity contribution in [3.63, 3.8) is 0 Å². The maximum atomic E-state index is 13.5. The number of fused-ring (bicyclic) bond motifs is 2. The van der Waals surface area contributed by atoms with E-state index in [1.165, 1.54) is 0 Å². The number of sulfonamides is 1. The average Bonchev–Trinajstić information content (AvgIpc) is 3.45. The molecule has 2 bridgehead atoms. The summed E-state index contributed by atoms with van der Waals surface area (Å²) in [6, 6.07) is 8.64. The van der Waals surface area contributed by atoms with Crippen LogP contribution in [0.3, 0.4) is 0 Å². The summed E-state index contributed by atoms with van der Waals surface area (Å²) in [5, 5.41) is 10.2. The minimum atomic E-state index is -3.60. The minimum absolute atomic E-state index is 0.0682. The molecule has 1 aromatic heterocycles. The minimum Gasteiger partial charge on any atom is -0.360 e. The number of benzene rings is 1. The second-order valence-electron chi connectivity index (χ2n) is 10.1. The van der Waals surface area contributed by atoms with Crippen LogP contribution in [0.4, 0.5) is 0 Å². The molecule has 3 heterocycles. The van der Waals surface area contributed by atoms with E-state index >= 15 is 0 Å². The highest BCUT2D eigenvalue weighted by molar-refractivity contribution is 7.89. The van der Waals surface area contributed by atoms with E-state index in [9.17, 15) is 13.2 Å².